The van der Waals surface area contributed by atoms with Gasteiger partial charge in [0.1, 0.15) is 12.4 Å². The molecular formula is C22H25F5O3. The lowest BCUT2D eigenvalue weighted by molar-refractivity contribution is -0.140. The van der Waals surface area contributed by atoms with E-state index in [9.17, 15) is 26.7 Å². The van der Waals surface area contributed by atoms with Crippen molar-refractivity contribution in [3.8, 4) is 5.75 Å². The van der Waals surface area contributed by atoms with Crippen LogP contribution in [0.3, 0.4) is 0 Å². The minimum absolute atomic E-state index is 0.0651. The first-order valence-electron chi connectivity index (χ1n) is 10.2. The SMILES string of the molecule is O=C(O)CCc1ccc(OCC2=C(C3CCC(F)(F)CC3)CCC2)cc1C(F)(F)F. The van der Waals surface area contributed by atoms with Crippen molar-refractivity contribution in [1.82, 2.24) is 0 Å². The molecule has 0 atom stereocenters. The van der Waals surface area contributed by atoms with Crippen LogP contribution in [0.5, 0.6) is 5.75 Å². The summed E-state index contributed by atoms with van der Waals surface area (Å²) in [5.74, 6) is -3.59. The number of allylic oxidation sites excluding steroid dienone is 1. The molecule has 2 aliphatic rings. The van der Waals surface area contributed by atoms with Gasteiger partial charge in [0, 0.05) is 19.3 Å². The van der Waals surface area contributed by atoms with E-state index in [1.165, 1.54) is 12.1 Å². The summed E-state index contributed by atoms with van der Waals surface area (Å²) in [5.41, 5.74) is 1.17. The molecule has 1 N–H and O–H groups in total. The molecule has 2 aliphatic carbocycles. The number of aliphatic carboxylic acids is 1. The molecule has 0 unspecified atom stereocenters. The van der Waals surface area contributed by atoms with Gasteiger partial charge in [0.25, 0.3) is 0 Å². The van der Waals surface area contributed by atoms with E-state index in [1.54, 1.807) is 0 Å². The van der Waals surface area contributed by atoms with Crippen LogP contribution in [0.1, 0.15) is 62.5 Å². The Hall–Kier alpha value is -2.12. The fourth-order valence-corrected chi connectivity index (χ4v) is 4.42. The van der Waals surface area contributed by atoms with E-state index in [2.05, 4.69) is 0 Å². The zero-order valence-electron chi connectivity index (χ0n) is 16.5. The van der Waals surface area contributed by atoms with Crippen molar-refractivity contribution in [2.75, 3.05) is 6.61 Å². The summed E-state index contributed by atoms with van der Waals surface area (Å²) in [6.45, 7) is 0.147. The highest BCUT2D eigenvalue weighted by molar-refractivity contribution is 5.67. The second kappa shape index (κ2) is 8.94. The summed E-state index contributed by atoms with van der Waals surface area (Å²) in [6, 6.07) is 3.59. The van der Waals surface area contributed by atoms with E-state index in [4.69, 9.17) is 9.84 Å². The Balaban J connectivity index is 1.70. The molecule has 0 radical (unpaired) electrons. The summed E-state index contributed by atoms with van der Waals surface area (Å²) in [5, 5.41) is 8.74. The molecule has 0 bridgehead atoms. The predicted molar refractivity (Wildman–Crippen MR) is 101 cm³/mol. The number of carboxylic acids is 1. The van der Waals surface area contributed by atoms with Crippen LogP contribution < -0.4 is 4.74 Å². The fourth-order valence-electron chi connectivity index (χ4n) is 4.42. The third-order valence-electron chi connectivity index (χ3n) is 6.00. The minimum atomic E-state index is -4.61. The molecule has 3 nitrogen and oxygen atoms in total. The summed E-state index contributed by atoms with van der Waals surface area (Å²) < 4.78 is 72.7. The van der Waals surface area contributed by atoms with Gasteiger partial charge in [-0.05, 0) is 67.7 Å². The van der Waals surface area contributed by atoms with E-state index in [-0.39, 0.29) is 49.5 Å². The number of carboxylic acid groups (broad SMARTS) is 1. The molecular weight excluding hydrogens is 407 g/mol. The first kappa shape index (κ1) is 22.6. The quantitative estimate of drug-likeness (QED) is 0.400. The molecule has 0 aliphatic heterocycles. The van der Waals surface area contributed by atoms with Crippen molar-refractivity contribution >= 4 is 5.97 Å². The van der Waals surface area contributed by atoms with Crippen molar-refractivity contribution < 1.29 is 36.6 Å². The number of benzene rings is 1. The molecule has 166 valence electrons. The maximum atomic E-state index is 13.4. The molecule has 1 aromatic rings. The van der Waals surface area contributed by atoms with Crippen LogP contribution in [0.4, 0.5) is 22.0 Å². The Kier molecular flexibility index (Phi) is 6.72. The van der Waals surface area contributed by atoms with Crippen LogP contribution >= 0.6 is 0 Å². The predicted octanol–water partition coefficient (Wildman–Crippen LogP) is 6.41. The number of hydrogen-bond donors (Lipinski definition) is 1. The lowest BCUT2D eigenvalue weighted by Crippen LogP contribution is -2.25. The fraction of sp³-hybridized carbons (Fsp3) is 0.591. The number of alkyl halides is 5. The second-order valence-corrected chi connectivity index (χ2v) is 8.11. The molecule has 1 saturated carbocycles. The molecule has 1 aromatic carbocycles. The molecule has 8 heteroatoms. The van der Waals surface area contributed by atoms with Gasteiger partial charge >= 0.3 is 12.1 Å². The summed E-state index contributed by atoms with van der Waals surface area (Å²) in [7, 11) is 0. The Bertz CT molecular complexity index is 803. The maximum absolute atomic E-state index is 13.4. The highest BCUT2D eigenvalue weighted by atomic mass is 19.4. The number of halogens is 5. The van der Waals surface area contributed by atoms with Crippen LogP contribution in [-0.4, -0.2) is 23.6 Å². The molecule has 0 amide bonds. The van der Waals surface area contributed by atoms with Gasteiger partial charge in [-0.15, -0.1) is 0 Å². The lowest BCUT2D eigenvalue weighted by atomic mass is 9.80. The summed E-state index contributed by atoms with van der Waals surface area (Å²) in [6.07, 6.45) is -2.09. The van der Waals surface area contributed by atoms with Crippen molar-refractivity contribution in [1.29, 1.82) is 0 Å². The third-order valence-corrected chi connectivity index (χ3v) is 6.00. The Morgan fingerprint density at radius 1 is 1.17 bits per heavy atom. The van der Waals surface area contributed by atoms with Crippen LogP contribution in [0.25, 0.3) is 0 Å². The number of hydrogen-bond acceptors (Lipinski definition) is 2. The maximum Gasteiger partial charge on any atom is 0.416 e. The van der Waals surface area contributed by atoms with Crippen molar-refractivity contribution in [3.05, 3.63) is 40.5 Å². The molecule has 0 spiro atoms. The number of rotatable bonds is 7. The third kappa shape index (κ3) is 5.73. The standard InChI is InChI=1S/C22H25F5O3/c23-21(24)10-8-14(9-11-21)18-3-1-2-16(18)13-30-17-6-4-15(5-7-20(28)29)19(12-17)22(25,26)27/h4,6,12,14H,1-3,5,7-11,13H2,(H,28,29). The van der Waals surface area contributed by atoms with Gasteiger partial charge in [-0.3, -0.25) is 4.79 Å². The minimum Gasteiger partial charge on any atom is -0.489 e. The monoisotopic (exact) mass is 432 g/mol. The zero-order valence-corrected chi connectivity index (χ0v) is 16.5. The number of aryl methyl sites for hydroxylation is 1. The van der Waals surface area contributed by atoms with Crippen LogP contribution in [0, 0.1) is 5.92 Å². The van der Waals surface area contributed by atoms with Crippen molar-refractivity contribution in [2.24, 2.45) is 5.92 Å². The van der Waals surface area contributed by atoms with Gasteiger partial charge < -0.3 is 9.84 Å². The summed E-state index contributed by atoms with van der Waals surface area (Å²) >= 11 is 0. The average molecular weight is 432 g/mol. The Morgan fingerprint density at radius 2 is 1.87 bits per heavy atom. The zero-order chi connectivity index (χ0) is 21.9. The van der Waals surface area contributed by atoms with Gasteiger partial charge in [-0.2, -0.15) is 13.2 Å². The largest absolute Gasteiger partial charge is 0.489 e. The number of carbonyl (C=O) groups is 1. The molecule has 3 rings (SSSR count). The number of ether oxygens (including phenoxy) is 1. The van der Waals surface area contributed by atoms with E-state index in [0.29, 0.717) is 12.8 Å². The highest BCUT2D eigenvalue weighted by Gasteiger charge is 2.37. The van der Waals surface area contributed by atoms with E-state index < -0.39 is 23.6 Å². The van der Waals surface area contributed by atoms with E-state index >= 15 is 0 Å². The first-order valence-corrected chi connectivity index (χ1v) is 10.2. The second-order valence-electron chi connectivity index (χ2n) is 8.11. The Labute approximate surface area is 171 Å². The average Bonchev–Trinajstić information content (AvgIpc) is 3.12. The van der Waals surface area contributed by atoms with E-state index in [1.807, 2.05) is 0 Å². The topological polar surface area (TPSA) is 46.5 Å². The van der Waals surface area contributed by atoms with Crippen LogP contribution in [0.2, 0.25) is 0 Å². The van der Waals surface area contributed by atoms with Crippen molar-refractivity contribution in [3.63, 3.8) is 0 Å². The lowest BCUT2D eigenvalue weighted by Gasteiger charge is -2.30. The Morgan fingerprint density at radius 3 is 2.50 bits per heavy atom. The van der Waals surface area contributed by atoms with E-state index in [0.717, 1.165) is 36.5 Å². The molecule has 1 fully saturated rings. The molecule has 0 aromatic heterocycles. The van der Waals surface area contributed by atoms with Crippen LogP contribution in [-0.2, 0) is 17.4 Å². The van der Waals surface area contributed by atoms with Gasteiger partial charge in [0.15, 0.2) is 0 Å². The molecule has 0 saturated heterocycles. The van der Waals surface area contributed by atoms with Gasteiger partial charge in [0.2, 0.25) is 5.92 Å². The highest BCUT2D eigenvalue weighted by Crippen LogP contribution is 2.44. The van der Waals surface area contributed by atoms with Gasteiger partial charge in [-0.25, -0.2) is 8.78 Å². The molecule has 30 heavy (non-hydrogen) atoms. The van der Waals surface area contributed by atoms with Gasteiger partial charge in [0.05, 0.1) is 5.56 Å². The van der Waals surface area contributed by atoms with Gasteiger partial charge in [-0.1, -0.05) is 11.6 Å². The first-order chi connectivity index (χ1) is 14.0. The normalized spacial score (nSPS) is 19.9. The van der Waals surface area contributed by atoms with Crippen molar-refractivity contribution in [2.45, 2.75) is 69.9 Å². The van der Waals surface area contributed by atoms with Crippen LogP contribution in [0.15, 0.2) is 29.3 Å². The smallest absolute Gasteiger partial charge is 0.416 e. The molecule has 0 heterocycles. The summed E-state index contributed by atoms with van der Waals surface area (Å²) in [4.78, 5) is 10.7.